The number of ether oxygens (including phenoxy) is 1. The maximum absolute atomic E-state index is 5.98. The molecule has 1 heterocycles. The van der Waals surface area contributed by atoms with Crippen molar-refractivity contribution < 1.29 is 17.1 Å². The molecule has 0 saturated carbocycles. The maximum Gasteiger partial charge on any atom is 0.127 e. The van der Waals surface area contributed by atoms with Crippen LogP contribution in [-0.4, -0.2) is 25.5 Å². The van der Waals surface area contributed by atoms with Gasteiger partial charge in [-0.1, -0.05) is 48.5 Å². The average molecular weight is 315 g/mol. The zero-order valence-corrected chi connectivity index (χ0v) is 13.8. The Balaban J connectivity index is 0.00000176. The molecule has 22 heavy (non-hydrogen) atoms. The van der Waals surface area contributed by atoms with Gasteiger partial charge in [0.05, 0.1) is 0 Å². The van der Waals surface area contributed by atoms with Crippen LogP contribution < -0.4 is 17.1 Å². The molecule has 0 aliphatic carbocycles. The van der Waals surface area contributed by atoms with Gasteiger partial charge in [0.25, 0.3) is 0 Å². The summed E-state index contributed by atoms with van der Waals surface area (Å²) in [6, 6.07) is 16.9. The first-order chi connectivity index (χ1) is 10.3. The van der Waals surface area contributed by atoms with Gasteiger partial charge in [-0.2, -0.15) is 0 Å². The van der Waals surface area contributed by atoms with E-state index in [2.05, 4.69) is 67.5 Å². The molecule has 0 unspecified atom stereocenters. The molecule has 116 valence electrons. The van der Waals surface area contributed by atoms with E-state index in [1.807, 2.05) is 6.07 Å². The van der Waals surface area contributed by atoms with Crippen molar-refractivity contribution in [2.24, 2.45) is 0 Å². The van der Waals surface area contributed by atoms with Crippen molar-refractivity contribution in [3.05, 3.63) is 71.3 Å². The number of para-hydroxylation sites is 1. The van der Waals surface area contributed by atoms with Crippen LogP contribution in [0.3, 0.4) is 0 Å². The van der Waals surface area contributed by atoms with E-state index < -0.39 is 0 Å². The second kappa shape index (κ2) is 7.48. The average Bonchev–Trinajstić information content (AvgIpc) is 2.65. The quantitative estimate of drug-likeness (QED) is 0.837. The zero-order chi connectivity index (χ0) is 14.7. The van der Waals surface area contributed by atoms with Crippen molar-refractivity contribution in [1.29, 1.82) is 0 Å². The predicted octanol–water partition coefficient (Wildman–Crippen LogP) is 0.966. The second-order valence-corrected chi connectivity index (χ2v) is 5.65. The minimum atomic E-state index is 0. The van der Waals surface area contributed by atoms with Crippen LogP contribution in [0.15, 0.2) is 54.6 Å². The summed E-state index contributed by atoms with van der Waals surface area (Å²) in [5.41, 5.74) is 5.03. The van der Waals surface area contributed by atoms with Crippen LogP contribution >= 0.6 is 0 Å². The van der Waals surface area contributed by atoms with Gasteiger partial charge in [0.2, 0.25) is 0 Å². The molecule has 3 rings (SSSR count). The molecule has 2 nitrogen and oxygen atoms in total. The van der Waals surface area contributed by atoms with Crippen LogP contribution in [0.4, 0.5) is 0 Å². The standard InChI is InChI=1S/C19H21NO.ClH/c1-20(2)13-7-11-17-16-9-4-3-8-15(16)14-21-19-12-6-5-10-18(17)19;/h3-6,8-12H,7,13-14H2,1-2H3;1H/p-1/b17-11+;. The number of nitrogens with zero attached hydrogens (tertiary/aromatic N) is 1. The molecule has 0 spiro atoms. The van der Waals surface area contributed by atoms with Gasteiger partial charge in [-0.05, 0) is 43.3 Å². The maximum atomic E-state index is 5.98. The van der Waals surface area contributed by atoms with Gasteiger partial charge in [0.1, 0.15) is 12.4 Å². The van der Waals surface area contributed by atoms with Crippen LogP contribution in [0.5, 0.6) is 5.75 Å². The van der Waals surface area contributed by atoms with Crippen molar-refractivity contribution in [2.75, 3.05) is 20.6 Å². The molecule has 0 radical (unpaired) electrons. The Bertz CT molecular complexity index is 614. The SMILES string of the molecule is CN(C)CC/C=C1\c2ccccc2COc2ccccc21.[Cl-]. The highest BCUT2D eigenvalue weighted by Crippen LogP contribution is 2.36. The van der Waals surface area contributed by atoms with Crippen molar-refractivity contribution in [2.45, 2.75) is 13.0 Å². The molecule has 0 aromatic heterocycles. The Morgan fingerprint density at radius 1 is 1.00 bits per heavy atom. The highest BCUT2D eigenvalue weighted by atomic mass is 35.5. The summed E-state index contributed by atoms with van der Waals surface area (Å²) in [6.45, 7) is 1.69. The minimum Gasteiger partial charge on any atom is -1.00 e. The third-order valence-electron chi connectivity index (χ3n) is 3.79. The molecule has 0 fully saturated rings. The first-order valence-corrected chi connectivity index (χ1v) is 7.41. The largest absolute Gasteiger partial charge is 1.00 e. The van der Waals surface area contributed by atoms with Crippen LogP contribution in [0.25, 0.3) is 5.57 Å². The first kappa shape index (κ1) is 16.6. The summed E-state index contributed by atoms with van der Waals surface area (Å²) < 4.78 is 5.98. The van der Waals surface area contributed by atoms with E-state index >= 15 is 0 Å². The first-order valence-electron chi connectivity index (χ1n) is 7.41. The summed E-state index contributed by atoms with van der Waals surface area (Å²) in [7, 11) is 4.22. The molecule has 0 bridgehead atoms. The fourth-order valence-electron chi connectivity index (χ4n) is 2.71. The van der Waals surface area contributed by atoms with Gasteiger partial charge in [0.15, 0.2) is 0 Å². The normalized spacial score (nSPS) is 14.6. The second-order valence-electron chi connectivity index (χ2n) is 5.65. The minimum absolute atomic E-state index is 0. The van der Waals surface area contributed by atoms with E-state index in [-0.39, 0.29) is 12.4 Å². The highest BCUT2D eigenvalue weighted by Gasteiger charge is 2.17. The zero-order valence-electron chi connectivity index (χ0n) is 13.1. The van der Waals surface area contributed by atoms with E-state index in [0.717, 1.165) is 18.7 Å². The lowest BCUT2D eigenvalue weighted by Crippen LogP contribution is -3.00. The number of fused-ring (bicyclic) bond motifs is 2. The van der Waals surface area contributed by atoms with E-state index in [0.29, 0.717) is 6.61 Å². The number of rotatable bonds is 3. The van der Waals surface area contributed by atoms with Crippen LogP contribution in [0.1, 0.15) is 23.1 Å². The summed E-state index contributed by atoms with van der Waals surface area (Å²) >= 11 is 0. The van der Waals surface area contributed by atoms with Crippen LogP contribution in [-0.2, 0) is 6.61 Å². The van der Waals surface area contributed by atoms with Gasteiger partial charge < -0.3 is 22.0 Å². The molecule has 0 N–H and O–H groups in total. The lowest BCUT2D eigenvalue weighted by molar-refractivity contribution is -0.00000462. The summed E-state index contributed by atoms with van der Waals surface area (Å²) in [5.74, 6) is 0.977. The molecule has 1 aliphatic heterocycles. The molecule has 2 aromatic carbocycles. The number of benzene rings is 2. The monoisotopic (exact) mass is 314 g/mol. The third-order valence-corrected chi connectivity index (χ3v) is 3.79. The molecule has 0 amide bonds. The van der Waals surface area contributed by atoms with Crippen molar-refractivity contribution in [1.82, 2.24) is 4.90 Å². The molecule has 0 atom stereocenters. The molecular formula is C19H21ClNO-. The van der Waals surface area contributed by atoms with E-state index in [1.54, 1.807) is 0 Å². The van der Waals surface area contributed by atoms with Gasteiger partial charge in [-0.3, -0.25) is 0 Å². The number of hydrogen-bond acceptors (Lipinski definition) is 2. The molecule has 1 aliphatic rings. The molecule has 0 saturated heterocycles. The Labute approximate surface area is 138 Å². The predicted molar refractivity (Wildman–Crippen MR) is 87.5 cm³/mol. The summed E-state index contributed by atoms with van der Waals surface area (Å²) in [6.07, 6.45) is 3.37. The highest BCUT2D eigenvalue weighted by molar-refractivity contribution is 5.84. The van der Waals surface area contributed by atoms with Crippen molar-refractivity contribution >= 4 is 5.57 Å². The van der Waals surface area contributed by atoms with Gasteiger partial charge >= 0.3 is 0 Å². The smallest absolute Gasteiger partial charge is 0.127 e. The fourth-order valence-corrected chi connectivity index (χ4v) is 2.71. The van der Waals surface area contributed by atoms with E-state index in [9.17, 15) is 0 Å². The molecule has 2 aromatic rings. The Hall–Kier alpha value is -1.77. The van der Waals surface area contributed by atoms with E-state index in [1.165, 1.54) is 22.3 Å². The van der Waals surface area contributed by atoms with Crippen LogP contribution in [0, 0.1) is 0 Å². The van der Waals surface area contributed by atoms with Crippen molar-refractivity contribution in [3.63, 3.8) is 0 Å². The Morgan fingerprint density at radius 2 is 1.68 bits per heavy atom. The Morgan fingerprint density at radius 3 is 2.45 bits per heavy atom. The lowest BCUT2D eigenvalue weighted by Gasteiger charge is -2.12. The van der Waals surface area contributed by atoms with Crippen molar-refractivity contribution in [3.8, 4) is 5.75 Å². The van der Waals surface area contributed by atoms with Crippen LogP contribution in [0.2, 0.25) is 0 Å². The Kier molecular flexibility index (Phi) is 5.64. The number of hydrogen-bond donors (Lipinski definition) is 0. The lowest BCUT2D eigenvalue weighted by atomic mass is 9.93. The summed E-state index contributed by atoms with van der Waals surface area (Å²) in [5, 5.41) is 0. The summed E-state index contributed by atoms with van der Waals surface area (Å²) in [4.78, 5) is 2.21. The molecular weight excluding hydrogens is 294 g/mol. The molecule has 3 heteroatoms. The third kappa shape index (κ3) is 3.52. The number of halogens is 1. The fraction of sp³-hybridized carbons (Fsp3) is 0.263. The topological polar surface area (TPSA) is 12.5 Å². The van der Waals surface area contributed by atoms with Gasteiger partial charge in [-0.15, -0.1) is 0 Å². The van der Waals surface area contributed by atoms with Gasteiger partial charge in [-0.25, -0.2) is 0 Å². The van der Waals surface area contributed by atoms with Gasteiger partial charge in [0, 0.05) is 12.1 Å². The van der Waals surface area contributed by atoms with E-state index in [4.69, 9.17) is 4.74 Å².